The average molecular weight is 405 g/mol. The van der Waals surface area contributed by atoms with E-state index >= 15 is 0 Å². The molecule has 0 fully saturated rings. The topological polar surface area (TPSA) is 58.4 Å². The summed E-state index contributed by atoms with van der Waals surface area (Å²) in [6, 6.07) is 5.50. The van der Waals surface area contributed by atoms with Crippen LogP contribution in [-0.2, 0) is 23.2 Å². The standard InChI is InChI=1S/C16H22Cl2N4O2S/c1-11-16(25(23,24)20(3)4)12(2)22(19-11)10-21(5)9-13-6-7-14(17)15(18)8-13/h6-8H,9-10H2,1-5H3. The lowest BCUT2D eigenvalue weighted by Crippen LogP contribution is -2.25. The van der Waals surface area contributed by atoms with Crippen molar-refractivity contribution in [3.05, 3.63) is 45.2 Å². The van der Waals surface area contributed by atoms with Gasteiger partial charge in [-0.25, -0.2) is 12.7 Å². The quantitative estimate of drug-likeness (QED) is 0.741. The Morgan fingerprint density at radius 3 is 2.32 bits per heavy atom. The maximum absolute atomic E-state index is 12.5. The molecule has 2 rings (SSSR count). The number of rotatable bonds is 6. The van der Waals surface area contributed by atoms with E-state index in [0.717, 1.165) is 5.56 Å². The number of halogens is 2. The van der Waals surface area contributed by atoms with E-state index in [0.29, 0.717) is 34.6 Å². The second kappa shape index (κ2) is 7.63. The van der Waals surface area contributed by atoms with Crippen LogP contribution in [0.25, 0.3) is 0 Å². The number of benzene rings is 1. The fourth-order valence-corrected chi connectivity index (χ4v) is 4.18. The van der Waals surface area contributed by atoms with Crippen molar-refractivity contribution in [2.45, 2.75) is 32.0 Å². The summed E-state index contributed by atoms with van der Waals surface area (Å²) in [6.45, 7) is 4.56. The van der Waals surface area contributed by atoms with Gasteiger partial charge in [-0.15, -0.1) is 0 Å². The van der Waals surface area contributed by atoms with E-state index in [9.17, 15) is 8.42 Å². The first-order chi connectivity index (χ1) is 11.5. The highest BCUT2D eigenvalue weighted by molar-refractivity contribution is 7.89. The van der Waals surface area contributed by atoms with Gasteiger partial charge in [0.1, 0.15) is 4.90 Å². The second-order valence-electron chi connectivity index (χ2n) is 6.19. The van der Waals surface area contributed by atoms with E-state index in [1.54, 1.807) is 24.6 Å². The largest absolute Gasteiger partial charge is 0.283 e. The second-order valence-corrected chi connectivity index (χ2v) is 9.09. The van der Waals surface area contributed by atoms with Gasteiger partial charge in [0.25, 0.3) is 0 Å². The Morgan fingerprint density at radius 1 is 1.12 bits per heavy atom. The van der Waals surface area contributed by atoms with E-state index in [-0.39, 0.29) is 4.90 Å². The summed E-state index contributed by atoms with van der Waals surface area (Å²) in [5, 5.41) is 5.42. The van der Waals surface area contributed by atoms with Crippen molar-refractivity contribution >= 4 is 33.2 Å². The normalized spacial score (nSPS) is 12.4. The molecule has 0 unspecified atom stereocenters. The summed E-state index contributed by atoms with van der Waals surface area (Å²) in [4.78, 5) is 2.28. The maximum Gasteiger partial charge on any atom is 0.246 e. The van der Waals surface area contributed by atoms with Crippen LogP contribution in [-0.4, -0.2) is 48.5 Å². The summed E-state index contributed by atoms with van der Waals surface area (Å²) in [5.74, 6) is 0. The first kappa shape index (κ1) is 20.2. The minimum Gasteiger partial charge on any atom is -0.283 e. The van der Waals surface area contributed by atoms with E-state index < -0.39 is 10.0 Å². The minimum atomic E-state index is -3.52. The van der Waals surface area contributed by atoms with Gasteiger partial charge in [-0.1, -0.05) is 29.3 Å². The Kier molecular flexibility index (Phi) is 6.17. The van der Waals surface area contributed by atoms with E-state index in [1.165, 1.54) is 18.4 Å². The van der Waals surface area contributed by atoms with E-state index in [2.05, 4.69) is 5.10 Å². The Morgan fingerprint density at radius 2 is 1.76 bits per heavy atom. The van der Waals surface area contributed by atoms with Crippen molar-refractivity contribution in [3.8, 4) is 0 Å². The lowest BCUT2D eigenvalue weighted by atomic mass is 10.2. The fourth-order valence-electron chi connectivity index (χ4n) is 2.60. The number of hydrogen-bond donors (Lipinski definition) is 0. The first-order valence-electron chi connectivity index (χ1n) is 7.63. The fraction of sp³-hybridized carbons (Fsp3) is 0.438. The number of aromatic nitrogens is 2. The number of hydrogen-bond acceptors (Lipinski definition) is 4. The molecule has 0 saturated carbocycles. The van der Waals surface area contributed by atoms with Crippen LogP contribution in [0.15, 0.2) is 23.1 Å². The molecular formula is C16H22Cl2N4O2S. The molecule has 0 amide bonds. The molecular weight excluding hydrogens is 383 g/mol. The molecule has 0 N–H and O–H groups in total. The van der Waals surface area contributed by atoms with Gasteiger partial charge in [0.05, 0.1) is 28.1 Å². The predicted molar refractivity (Wildman–Crippen MR) is 101 cm³/mol. The Bertz CT molecular complexity index is 879. The van der Waals surface area contributed by atoms with Gasteiger partial charge in [-0.2, -0.15) is 5.10 Å². The Balaban J connectivity index is 2.22. The maximum atomic E-state index is 12.5. The molecule has 25 heavy (non-hydrogen) atoms. The van der Waals surface area contributed by atoms with Crippen LogP contribution in [0.2, 0.25) is 10.0 Å². The third-order valence-corrected chi connectivity index (χ3v) is 6.67. The summed E-state index contributed by atoms with van der Waals surface area (Å²) in [7, 11) is 1.44. The van der Waals surface area contributed by atoms with Crippen molar-refractivity contribution in [1.82, 2.24) is 19.0 Å². The molecule has 6 nitrogen and oxygen atoms in total. The molecule has 0 spiro atoms. The van der Waals surface area contributed by atoms with Crippen LogP contribution in [0.3, 0.4) is 0 Å². The molecule has 0 aliphatic carbocycles. The van der Waals surface area contributed by atoms with Gasteiger partial charge in [-0.05, 0) is 38.6 Å². The highest BCUT2D eigenvalue weighted by atomic mass is 35.5. The van der Waals surface area contributed by atoms with E-state index in [4.69, 9.17) is 23.2 Å². The van der Waals surface area contributed by atoms with E-state index in [1.807, 2.05) is 24.1 Å². The molecule has 0 aliphatic heterocycles. The molecule has 138 valence electrons. The third-order valence-electron chi connectivity index (χ3n) is 3.87. The van der Waals surface area contributed by atoms with Crippen LogP contribution in [0.1, 0.15) is 17.0 Å². The average Bonchev–Trinajstić information content (AvgIpc) is 2.77. The highest BCUT2D eigenvalue weighted by Gasteiger charge is 2.26. The summed E-state index contributed by atoms with van der Waals surface area (Å²) in [5.41, 5.74) is 2.13. The number of nitrogens with zero attached hydrogens (tertiary/aromatic N) is 4. The zero-order chi connectivity index (χ0) is 18.9. The number of aryl methyl sites for hydroxylation is 1. The van der Waals surface area contributed by atoms with Gasteiger partial charge in [0.15, 0.2) is 0 Å². The molecule has 1 aromatic carbocycles. The number of sulfonamides is 1. The zero-order valence-corrected chi connectivity index (χ0v) is 17.2. The zero-order valence-electron chi connectivity index (χ0n) is 14.9. The molecule has 9 heteroatoms. The third kappa shape index (κ3) is 4.35. The van der Waals surface area contributed by atoms with Crippen LogP contribution in [0.4, 0.5) is 0 Å². The Labute approximate surface area is 159 Å². The van der Waals surface area contributed by atoms with Crippen molar-refractivity contribution in [2.24, 2.45) is 0 Å². The van der Waals surface area contributed by atoms with Crippen molar-refractivity contribution in [3.63, 3.8) is 0 Å². The Hall–Kier alpha value is -1.12. The molecule has 0 atom stereocenters. The molecule has 1 aromatic heterocycles. The summed E-state index contributed by atoms with van der Waals surface area (Å²) < 4.78 is 27.8. The summed E-state index contributed by atoms with van der Waals surface area (Å²) >= 11 is 12.0. The predicted octanol–water partition coefficient (Wildman–Crippen LogP) is 3.15. The molecule has 0 radical (unpaired) electrons. The van der Waals surface area contributed by atoms with Gasteiger partial charge < -0.3 is 0 Å². The molecule has 0 aliphatic rings. The van der Waals surface area contributed by atoms with Crippen molar-refractivity contribution < 1.29 is 8.42 Å². The van der Waals surface area contributed by atoms with Gasteiger partial charge in [-0.3, -0.25) is 9.58 Å². The molecule has 2 aromatic rings. The highest BCUT2D eigenvalue weighted by Crippen LogP contribution is 2.24. The molecule has 0 bridgehead atoms. The van der Waals surface area contributed by atoms with Crippen LogP contribution in [0, 0.1) is 13.8 Å². The minimum absolute atomic E-state index is 0.264. The molecule has 0 saturated heterocycles. The monoisotopic (exact) mass is 404 g/mol. The van der Waals surface area contributed by atoms with Gasteiger partial charge in [0, 0.05) is 20.6 Å². The lowest BCUT2D eigenvalue weighted by molar-refractivity contribution is 0.243. The first-order valence-corrected chi connectivity index (χ1v) is 9.82. The van der Waals surface area contributed by atoms with Crippen molar-refractivity contribution in [2.75, 3.05) is 21.1 Å². The van der Waals surface area contributed by atoms with Crippen molar-refractivity contribution in [1.29, 1.82) is 0 Å². The van der Waals surface area contributed by atoms with Gasteiger partial charge >= 0.3 is 0 Å². The summed E-state index contributed by atoms with van der Waals surface area (Å²) in [6.07, 6.45) is 0. The lowest BCUT2D eigenvalue weighted by Gasteiger charge is -2.18. The van der Waals surface area contributed by atoms with Crippen LogP contribution >= 0.6 is 23.2 Å². The SMILES string of the molecule is Cc1nn(CN(C)Cc2ccc(Cl)c(Cl)c2)c(C)c1S(=O)(=O)N(C)C. The van der Waals surface area contributed by atoms with Crippen LogP contribution in [0.5, 0.6) is 0 Å². The smallest absolute Gasteiger partial charge is 0.246 e. The van der Waals surface area contributed by atoms with Crippen LogP contribution < -0.4 is 0 Å². The van der Waals surface area contributed by atoms with Gasteiger partial charge in [0.2, 0.25) is 10.0 Å². The molecule has 1 heterocycles.